The van der Waals surface area contributed by atoms with E-state index in [4.69, 9.17) is 4.74 Å². The van der Waals surface area contributed by atoms with Crippen LogP contribution in [-0.2, 0) is 11.2 Å². The third-order valence-electron chi connectivity index (χ3n) is 4.49. The van der Waals surface area contributed by atoms with Gasteiger partial charge in [0.25, 0.3) is 0 Å². The van der Waals surface area contributed by atoms with Crippen LogP contribution in [0.15, 0.2) is 24.3 Å². The van der Waals surface area contributed by atoms with Crippen molar-refractivity contribution in [1.82, 2.24) is 5.32 Å². The summed E-state index contributed by atoms with van der Waals surface area (Å²) in [6.07, 6.45) is 9.10. The summed E-state index contributed by atoms with van der Waals surface area (Å²) >= 11 is 0. The quantitative estimate of drug-likeness (QED) is 0.669. The van der Waals surface area contributed by atoms with Gasteiger partial charge in [-0.3, -0.25) is 0 Å². The molecule has 2 rings (SSSR count). The lowest BCUT2D eigenvalue weighted by Gasteiger charge is -2.29. The Labute approximate surface area is 130 Å². The molecular weight excluding hydrogens is 258 g/mol. The number of fused-ring (bicyclic) bond motifs is 1. The molecule has 0 aliphatic carbocycles. The fraction of sp³-hybridized carbons (Fsp3) is 0.684. The van der Waals surface area contributed by atoms with Gasteiger partial charge in [0.2, 0.25) is 0 Å². The van der Waals surface area contributed by atoms with E-state index in [1.165, 1.54) is 43.2 Å². The van der Waals surface area contributed by atoms with E-state index in [-0.39, 0.29) is 6.10 Å². The topological polar surface area (TPSA) is 21.3 Å². The van der Waals surface area contributed by atoms with E-state index in [1.54, 1.807) is 0 Å². The molecular formula is C19H31NO. The zero-order valence-corrected chi connectivity index (χ0v) is 13.7. The molecule has 0 bridgehead atoms. The Bertz CT molecular complexity index is 404. The van der Waals surface area contributed by atoms with Crippen LogP contribution in [-0.4, -0.2) is 19.2 Å². The molecule has 0 aromatic heterocycles. The first-order chi connectivity index (χ1) is 10.3. The minimum absolute atomic E-state index is 0.283. The van der Waals surface area contributed by atoms with Crippen LogP contribution in [0.2, 0.25) is 0 Å². The highest BCUT2D eigenvalue weighted by molar-refractivity contribution is 5.31. The van der Waals surface area contributed by atoms with Crippen LogP contribution in [0.1, 0.15) is 69.6 Å². The Kier molecular flexibility index (Phi) is 7.25. The van der Waals surface area contributed by atoms with Crippen molar-refractivity contribution in [3.05, 3.63) is 35.4 Å². The predicted octanol–water partition coefficient (Wildman–Crippen LogP) is 4.64. The van der Waals surface area contributed by atoms with Gasteiger partial charge in [0.1, 0.15) is 0 Å². The monoisotopic (exact) mass is 289 g/mol. The van der Waals surface area contributed by atoms with Crippen LogP contribution in [0.4, 0.5) is 0 Å². The highest BCUT2D eigenvalue weighted by atomic mass is 16.5. The smallest absolute Gasteiger partial charge is 0.0842 e. The van der Waals surface area contributed by atoms with Gasteiger partial charge in [-0.2, -0.15) is 0 Å². The van der Waals surface area contributed by atoms with Gasteiger partial charge in [0, 0.05) is 6.04 Å². The van der Waals surface area contributed by atoms with E-state index >= 15 is 0 Å². The van der Waals surface area contributed by atoms with Gasteiger partial charge < -0.3 is 10.1 Å². The molecule has 2 unspecified atom stereocenters. The normalized spacial score (nSPS) is 19.2. The second-order valence-corrected chi connectivity index (χ2v) is 6.15. The summed E-state index contributed by atoms with van der Waals surface area (Å²) in [5, 5.41) is 3.66. The molecule has 1 heterocycles. The zero-order chi connectivity index (χ0) is 14.9. The van der Waals surface area contributed by atoms with Crippen molar-refractivity contribution in [2.24, 2.45) is 0 Å². The molecule has 0 amide bonds. The van der Waals surface area contributed by atoms with Crippen molar-refractivity contribution in [2.75, 3.05) is 13.2 Å². The highest BCUT2D eigenvalue weighted by Crippen LogP contribution is 2.31. The summed E-state index contributed by atoms with van der Waals surface area (Å²) in [5.74, 6) is 0. The molecule has 118 valence electrons. The van der Waals surface area contributed by atoms with E-state index in [9.17, 15) is 0 Å². The molecule has 1 aromatic carbocycles. The average Bonchev–Trinajstić information content (AvgIpc) is 2.52. The molecule has 0 fully saturated rings. The minimum atomic E-state index is 0.283. The second-order valence-electron chi connectivity index (χ2n) is 6.15. The molecule has 1 aromatic rings. The first-order valence-electron chi connectivity index (χ1n) is 8.78. The lowest BCUT2D eigenvalue weighted by molar-refractivity contribution is 0.0287. The Morgan fingerprint density at radius 3 is 2.86 bits per heavy atom. The summed E-state index contributed by atoms with van der Waals surface area (Å²) in [7, 11) is 0. The van der Waals surface area contributed by atoms with Crippen LogP contribution in [0.5, 0.6) is 0 Å². The molecule has 0 saturated carbocycles. The third-order valence-corrected chi connectivity index (χ3v) is 4.49. The van der Waals surface area contributed by atoms with E-state index in [0.29, 0.717) is 6.04 Å². The van der Waals surface area contributed by atoms with E-state index in [1.807, 2.05) is 0 Å². The Balaban J connectivity index is 1.91. The Morgan fingerprint density at radius 1 is 1.19 bits per heavy atom. The maximum Gasteiger partial charge on any atom is 0.0842 e. The minimum Gasteiger partial charge on any atom is -0.373 e. The summed E-state index contributed by atoms with van der Waals surface area (Å²) < 4.78 is 6.07. The molecule has 0 saturated heterocycles. The van der Waals surface area contributed by atoms with Crippen LogP contribution in [0, 0.1) is 0 Å². The number of ether oxygens (including phenoxy) is 1. The van der Waals surface area contributed by atoms with Crippen LogP contribution in [0.25, 0.3) is 0 Å². The largest absolute Gasteiger partial charge is 0.373 e. The summed E-state index contributed by atoms with van der Waals surface area (Å²) in [6, 6.07) is 9.38. The molecule has 21 heavy (non-hydrogen) atoms. The van der Waals surface area contributed by atoms with E-state index in [2.05, 4.69) is 43.4 Å². The number of hydrogen-bond donors (Lipinski definition) is 1. The number of rotatable bonds is 9. The van der Waals surface area contributed by atoms with Crippen molar-refractivity contribution in [3.63, 3.8) is 0 Å². The molecule has 2 nitrogen and oxygen atoms in total. The first kappa shape index (κ1) is 16.5. The molecule has 1 aliphatic rings. The fourth-order valence-electron chi connectivity index (χ4n) is 3.34. The predicted molar refractivity (Wildman–Crippen MR) is 89.7 cm³/mol. The van der Waals surface area contributed by atoms with Crippen molar-refractivity contribution >= 4 is 0 Å². The van der Waals surface area contributed by atoms with Gasteiger partial charge in [-0.15, -0.1) is 0 Å². The molecule has 1 N–H and O–H groups in total. The number of nitrogens with one attached hydrogen (secondary N) is 1. The SMILES string of the molecule is CCCCCCC(CC1OCCc2ccccc21)NCC. The number of benzene rings is 1. The molecule has 1 aliphatic heterocycles. The summed E-state index contributed by atoms with van der Waals surface area (Å²) in [4.78, 5) is 0. The van der Waals surface area contributed by atoms with Gasteiger partial charge in [0.15, 0.2) is 0 Å². The van der Waals surface area contributed by atoms with Gasteiger partial charge in [0.05, 0.1) is 12.7 Å². The van der Waals surface area contributed by atoms with E-state index in [0.717, 1.165) is 26.0 Å². The van der Waals surface area contributed by atoms with E-state index < -0.39 is 0 Å². The zero-order valence-electron chi connectivity index (χ0n) is 13.7. The average molecular weight is 289 g/mol. The molecule has 2 heteroatoms. The van der Waals surface area contributed by atoms with Crippen LogP contribution >= 0.6 is 0 Å². The Morgan fingerprint density at radius 2 is 2.05 bits per heavy atom. The molecule has 0 radical (unpaired) electrons. The third kappa shape index (κ3) is 5.12. The Hall–Kier alpha value is -0.860. The second kappa shape index (κ2) is 9.22. The molecule has 0 spiro atoms. The van der Waals surface area contributed by atoms with Crippen LogP contribution < -0.4 is 5.32 Å². The van der Waals surface area contributed by atoms with Crippen molar-refractivity contribution < 1.29 is 4.74 Å². The van der Waals surface area contributed by atoms with Crippen molar-refractivity contribution in [3.8, 4) is 0 Å². The van der Waals surface area contributed by atoms with Crippen molar-refractivity contribution in [1.29, 1.82) is 0 Å². The van der Waals surface area contributed by atoms with Crippen molar-refractivity contribution in [2.45, 2.75) is 70.9 Å². The van der Waals surface area contributed by atoms with Gasteiger partial charge in [-0.1, -0.05) is 63.8 Å². The highest BCUT2D eigenvalue weighted by Gasteiger charge is 2.23. The maximum absolute atomic E-state index is 6.07. The van der Waals surface area contributed by atoms with Crippen LogP contribution in [0.3, 0.4) is 0 Å². The van der Waals surface area contributed by atoms with Gasteiger partial charge >= 0.3 is 0 Å². The van der Waals surface area contributed by atoms with Gasteiger partial charge in [-0.05, 0) is 36.9 Å². The first-order valence-corrected chi connectivity index (χ1v) is 8.78. The standard InChI is InChI=1S/C19H31NO/c1-3-5-6-7-11-17(20-4-2)15-19-18-12-9-8-10-16(18)13-14-21-19/h8-10,12,17,19-20H,3-7,11,13-15H2,1-2H3. The number of unbranched alkanes of at least 4 members (excludes halogenated alkanes) is 3. The molecule has 2 atom stereocenters. The number of hydrogen-bond acceptors (Lipinski definition) is 2. The lowest BCUT2D eigenvalue weighted by atomic mass is 9.92. The summed E-state index contributed by atoms with van der Waals surface area (Å²) in [6.45, 7) is 6.40. The van der Waals surface area contributed by atoms with Gasteiger partial charge in [-0.25, -0.2) is 0 Å². The fourth-order valence-corrected chi connectivity index (χ4v) is 3.34. The summed E-state index contributed by atoms with van der Waals surface area (Å²) in [5.41, 5.74) is 2.90. The lowest BCUT2D eigenvalue weighted by Crippen LogP contribution is -2.32. The maximum atomic E-state index is 6.07.